The van der Waals surface area contributed by atoms with Crippen LogP contribution in [0.4, 0.5) is 5.69 Å². The third-order valence-corrected chi connectivity index (χ3v) is 4.74. The van der Waals surface area contributed by atoms with Gasteiger partial charge in [0.05, 0.1) is 6.61 Å². The zero-order valence-corrected chi connectivity index (χ0v) is 17.4. The number of unbranched alkanes of at least 4 members (excludes halogenated alkanes) is 1. The molecule has 0 fully saturated rings. The first kappa shape index (κ1) is 20.7. The Hall–Kier alpha value is -2.58. The third-order valence-electron chi connectivity index (χ3n) is 4.25. The number of hydrogen-bond acceptors (Lipinski definition) is 3. The lowest BCUT2D eigenvalue weighted by molar-refractivity contribution is -0.112. The van der Waals surface area contributed by atoms with Crippen LogP contribution in [0.2, 0.25) is 0 Å². The number of benzene rings is 2. The zero-order valence-electron chi connectivity index (χ0n) is 15.8. The molecule has 0 aliphatic rings. The Morgan fingerprint density at radius 1 is 1.30 bits per heavy atom. The van der Waals surface area contributed by atoms with Crippen LogP contribution in [0.1, 0.15) is 36.5 Å². The van der Waals surface area contributed by atoms with Gasteiger partial charge in [0.15, 0.2) is 0 Å². The largest absolute Gasteiger partial charge is 0.493 e. The molecule has 0 aromatic heterocycles. The zero-order chi connectivity index (χ0) is 19.8. The van der Waals surface area contributed by atoms with Crippen LogP contribution in [-0.4, -0.2) is 12.5 Å². The first-order chi connectivity index (χ1) is 13.0. The first-order valence-electron chi connectivity index (χ1n) is 8.88. The highest BCUT2D eigenvalue weighted by atomic mass is 79.9. The molecule has 140 valence electrons. The third kappa shape index (κ3) is 5.70. The second-order valence-electron chi connectivity index (χ2n) is 6.26. The van der Waals surface area contributed by atoms with Crippen molar-refractivity contribution in [3.8, 4) is 11.8 Å². The van der Waals surface area contributed by atoms with E-state index < -0.39 is 5.91 Å². The molecule has 4 nitrogen and oxygen atoms in total. The Morgan fingerprint density at radius 2 is 2.07 bits per heavy atom. The van der Waals surface area contributed by atoms with Gasteiger partial charge >= 0.3 is 0 Å². The van der Waals surface area contributed by atoms with Gasteiger partial charge in [0, 0.05) is 15.7 Å². The van der Waals surface area contributed by atoms with Crippen molar-refractivity contribution in [2.24, 2.45) is 0 Å². The van der Waals surface area contributed by atoms with Crippen molar-refractivity contribution >= 4 is 33.6 Å². The van der Waals surface area contributed by atoms with Gasteiger partial charge in [0.25, 0.3) is 5.91 Å². The molecule has 2 aromatic rings. The number of anilines is 1. The van der Waals surface area contributed by atoms with Crippen LogP contribution in [-0.2, 0) is 4.79 Å². The second kappa shape index (κ2) is 9.94. The van der Waals surface area contributed by atoms with Crippen molar-refractivity contribution < 1.29 is 9.53 Å². The number of amides is 1. The van der Waals surface area contributed by atoms with Crippen molar-refractivity contribution in [2.75, 3.05) is 11.9 Å². The van der Waals surface area contributed by atoms with E-state index in [1.807, 2.05) is 56.3 Å². The number of nitrogens with one attached hydrogen (secondary N) is 1. The number of carbonyl (C=O) groups excluding carboxylic acids is 1. The van der Waals surface area contributed by atoms with Crippen LogP contribution >= 0.6 is 15.9 Å². The fourth-order valence-corrected chi connectivity index (χ4v) is 2.85. The van der Waals surface area contributed by atoms with Crippen molar-refractivity contribution in [1.29, 1.82) is 5.26 Å². The molecule has 5 heteroatoms. The minimum atomic E-state index is -0.439. The molecule has 1 amide bonds. The summed E-state index contributed by atoms with van der Waals surface area (Å²) in [5.74, 6) is 0.213. The SMILES string of the molecule is CCCCOc1ccc(Br)cc1/C=C(/C#N)C(=O)Nc1cccc(C)c1C. The first-order valence-corrected chi connectivity index (χ1v) is 9.67. The normalized spacial score (nSPS) is 11.0. The lowest BCUT2D eigenvalue weighted by atomic mass is 10.1. The molecule has 0 spiro atoms. The minimum Gasteiger partial charge on any atom is -0.493 e. The monoisotopic (exact) mass is 426 g/mol. The van der Waals surface area contributed by atoms with Gasteiger partial charge < -0.3 is 10.1 Å². The molecule has 0 saturated carbocycles. The highest BCUT2D eigenvalue weighted by Gasteiger charge is 2.13. The summed E-state index contributed by atoms with van der Waals surface area (Å²) in [6.45, 7) is 6.61. The van der Waals surface area contributed by atoms with Crippen LogP contribution in [0.15, 0.2) is 46.4 Å². The highest BCUT2D eigenvalue weighted by Crippen LogP contribution is 2.26. The summed E-state index contributed by atoms with van der Waals surface area (Å²) in [7, 11) is 0. The van der Waals surface area contributed by atoms with Gasteiger partial charge in [-0.1, -0.05) is 41.4 Å². The molecule has 0 atom stereocenters. The Kier molecular flexibility index (Phi) is 7.63. The van der Waals surface area contributed by atoms with E-state index >= 15 is 0 Å². The molecule has 27 heavy (non-hydrogen) atoms. The molecule has 0 radical (unpaired) electrons. The van der Waals surface area contributed by atoms with E-state index in [0.29, 0.717) is 23.6 Å². The number of nitrogens with zero attached hydrogens (tertiary/aromatic N) is 1. The number of rotatable bonds is 7. The molecule has 0 saturated heterocycles. The second-order valence-corrected chi connectivity index (χ2v) is 7.17. The molecule has 0 unspecified atom stereocenters. The van der Waals surface area contributed by atoms with Crippen LogP contribution in [0.25, 0.3) is 6.08 Å². The van der Waals surface area contributed by atoms with Crippen LogP contribution in [0.3, 0.4) is 0 Å². The average Bonchev–Trinajstić information content (AvgIpc) is 2.65. The Labute approximate surface area is 169 Å². The summed E-state index contributed by atoms with van der Waals surface area (Å²) in [6, 6.07) is 13.2. The van der Waals surface area contributed by atoms with Gasteiger partial charge in [-0.3, -0.25) is 4.79 Å². The van der Waals surface area contributed by atoms with Gasteiger partial charge in [-0.2, -0.15) is 5.26 Å². The van der Waals surface area contributed by atoms with Gasteiger partial charge in [-0.15, -0.1) is 0 Å². The number of nitriles is 1. The van der Waals surface area contributed by atoms with Crippen molar-refractivity contribution in [3.05, 3.63) is 63.1 Å². The Balaban J connectivity index is 2.29. The molecular formula is C22H23BrN2O2. The Morgan fingerprint density at radius 3 is 2.78 bits per heavy atom. The number of hydrogen-bond donors (Lipinski definition) is 1. The van der Waals surface area contributed by atoms with Crippen molar-refractivity contribution in [3.63, 3.8) is 0 Å². The van der Waals surface area contributed by atoms with Gasteiger partial charge in [0.2, 0.25) is 0 Å². The molecular weight excluding hydrogens is 404 g/mol. The number of ether oxygens (including phenoxy) is 1. The molecule has 2 aromatic carbocycles. The number of halogens is 1. The van der Waals surface area contributed by atoms with E-state index in [-0.39, 0.29) is 5.57 Å². The van der Waals surface area contributed by atoms with E-state index in [9.17, 15) is 10.1 Å². The summed E-state index contributed by atoms with van der Waals surface area (Å²) < 4.78 is 6.66. The van der Waals surface area contributed by atoms with Gasteiger partial charge in [-0.25, -0.2) is 0 Å². The van der Waals surface area contributed by atoms with Gasteiger partial charge in [0.1, 0.15) is 17.4 Å². The molecule has 0 aliphatic carbocycles. The lowest BCUT2D eigenvalue weighted by Crippen LogP contribution is -2.14. The van der Waals surface area contributed by atoms with Crippen LogP contribution in [0.5, 0.6) is 5.75 Å². The molecule has 2 rings (SSSR count). The summed E-state index contributed by atoms with van der Waals surface area (Å²) in [6.07, 6.45) is 3.54. The predicted octanol–water partition coefficient (Wildman–Crippen LogP) is 5.79. The maximum Gasteiger partial charge on any atom is 0.266 e. The van der Waals surface area contributed by atoms with Crippen molar-refractivity contribution in [2.45, 2.75) is 33.6 Å². The molecule has 0 bridgehead atoms. The minimum absolute atomic E-state index is 0.0225. The summed E-state index contributed by atoms with van der Waals surface area (Å²) >= 11 is 3.43. The quantitative estimate of drug-likeness (QED) is 0.346. The number of aryl methyl sites for hydroxylation is 1. The number of carbonyl (C=O) groups is 1. The summed E-state index contributed by atoms with van der Waals surface area (Å²) in [5, 5.41) is 12.3. The summed E-state index contributed by atoms with van der Waals surface area (Å²) in [4.78, 5) is 12.6. The fourth-order valence-electron chi connectivity index (χ4n) is 2.47. The van der Waals surface area contributed by atoms with E-state index in [4.69, 9.17) is 4.74 Å². The lowest BCUT2D eigenvalue weighted by Gasteiger charge is -2.11. The predicted molar refractivity (Wildman–Crippen MR) is 113 cm³/mol. The van der Waals surface area contributed by atoms with E-state index in [1.54, 1.807) is 6.08 Å². The maximum atomic E-state index is 12.6. The molecule has 0 aliphatic heterocycles. The van der Waals surface area contributed by atoms with Crippen LogP contribution in [0, 0.1) is 25.2 Å². The van der Waals surface area contributed by atoms with Gasteiger partial charge in [-0.05, 0) is 61.7 Å². The van der Waals surface area contributed by atoms with E-state index in [2.05, 4.69) is 28.2 Å². The fraction of sp³-hybridized carbons (Fsp3) is 0.273. The summed E-state index contributed by atoms with van der Waals surface area (Å²) in [5.41, 5.74) is 3.47. The average molecular weight is 427 g/mol. The maximum absolute atomic E-state index is 12.6. The topological polar surface area (TPSA) is 62.1 Å². The van der Waals surface area contributed by atoms with E-state index in [0.717, 1.165) is 28.4 Å². The van der Waals surface area contributed by atoms with Crippen LogP contribution < -0.4 is 10.1 Å². The highest BCUT2D eigenvalue weighted by molar-refractivity contribution is 9.10. The Bertz CT molecular complexity index is 898. The van der Waals surface area contributed by atoms with E-state index in [1.165, 1.54) is 0 Å². The molecule has 0 heterocycles. The standard InChI is InChI=1S/C22H23BrN2O2/c1-4-5-11-27-21-10-9-19(23)13-17(21)12-18(14-24)22(26)25-20-8-6-7-15(2)16(20)3/h6-10,12-13H,4-5,11H2,1-3H3,(H,25,26)/b18-12-. The molecule has 1 N–H and O–H groups in total. The smallest absolute Gasteiger partial charge is 0.266 e. The van der Waals surface area contributed by atoms with Crippen molar-refractivity contribution in [1.82, 2.24) is 0 Å².